The van der Waals surface area contributed by atoms with Gasteiger partial charge in [-0.25, -0.2) is 0 Å². The van der Waals surface area contributed by atoms with Crippen LogP contribution in [-0.4, -0.2) is 24.9 Å². The molecular formula is C17H26O2. The molecule has 1 atom stereocenters. The van der Waals surface area contributed by atoms with Crippen LogP contribution >= 0.6 is 0 Å². The third kappa shape index (κ3) is 2.85. The van der Waals surface area contributed by atoms with Gasteiger partial charge in [0, 0.05) is 12.0 Å². The Bertz CT molecular complexity index is 386. The first kappa shape index (κ1) is 14.5. The number of benzene rings is 1. The van der Waals surface area contributed by atoms with Crippen molar-refractivity contribution in [3.8, 4) is 0 Å². The van der Waals surface area contributed by atoms with Crippen LogP contribution in [0.4, 0.5) is 0 Å². The molecule has 19 heavy (non-hydrogen) atoms. The fraction of sp³-hybridized carbons (Fsp3) is 0.647. The summed E-state index contributed by atoms with van der Waals surface area (Å²) in [5.74, 6) is 0.991. The Hall–Kier alpha value is -0.860. The minimum atomic E-state index is 0.0415. The van der Waals surface area contributed by atoms with E-state index in [0.29, 0.717) is 11.8 Å². The standard InChI is InChI=1S/C17H26O2/c1-4-15(10-18)17(11-19-12-17)16-7-5-14(6-8-16)9-13(2)3/h5-8,13,15,18H,4,9-12H2,1-3H3. The Kier molecular flexibility index (Phi) is 4.64. The predicted molar refractivity (Wildman–Crippen MR) is 78.3 cm³/mol. The Labute approximate surface area is 116 Å². The third-order valence-electron chi connectivity index (χ3n) is 4.39. The zero-order valence-electron chi connectivity index (χ0n) is 12.4. The monoisotopic (exact) mass is 262 g/mol. The van der Waals surface area contributed by atoms with Crippen LogP contribution in [0.1, 0.15) is 38.3 Å². The maximum absolute atomic E-state index is 9.61. The van der Waals surface area contributed by atoms with Crippen LogP contribution in [0.2, 0.25) is 0 Å². The molecule has 1 unspecified atom stereocenters. The van der Waals surface area contributed by atoms with Crippen molar-refractivity contribution >= 4 is 0 Å². The van der Waals surface area contributed by atoms with Crippen molar-refractivity contribution in [3.05, 3.63) is 35.4 Å². The van der Waals surface area contributed by atoms with Crippen LogP contribution in [0, 0.1) is 11.8 Å². The molecule has 1 aliphatic heterocycles. The average molecular weight is 262 g/mol. The van der Waals surface area contributed by atoms with E-state index in [1.165, 1.54) is 11.1 Å². The number of aliphatic hydroxyl groups excluding tert-OH is 1. The third-order valence-corrected chi connectivity index (χ3v) is 4.39. The van der Waals surface area contributed by atoms with Crippen molar-refractivity contribution in [2.45, 2.75) is 39.0 Å². The van der Waals surface area contributed by atoms with Gasteiger partial charge in [-0.2, -0.15) is 0 Å². The van der Waals surface area contributed by atoms with E-state index in [2.05, 4.69) is 45.0 Å². The van der Waals surface area contributed by atoms with Gasteiger partial charge in [0.1, 0.15) is 0 Å². The van der Waals surface area contributed by atoms with Crippen molar-refractivity contribution in [3.63, 3.8) is 0 Å². The number of hydrogen-bond donors (Lipinski definition) is 1. The molecule has 1 aliphatic rings. The second-order valence-corrected chi connectivity index (χ2v) is 6.23. The minimum absolute atomic E-state index is 0.0415. The highest BCUT2D eigenvalue weighted by Crippen LogP contribution is 2.41. The molecule has 1 aromatic rings. The zero-order valence-corrected chi connectivity index (χ0v) is 12.4. The highest BCUT2D eigenvalue weighted by molar-refractivity contribution is 5.32. The summed E-state index contributed by atoms with van der Waals surface area (Å²) in [6, 6.07) is 8.94. The molecule has 0 radical (unpaired) electrons. The Balaban J connectivity index is 2.19. The second-order valence-electron chi connectivity index (χ2n) is 6.23. The van der Waals surface area contributed by atoms with E-state index in [9.17, 15) is 5.11 Å². The average Bonchev–Trinajstić information content (AvgIpc) is 2.34. The summed E-state index contributed by atoms with van der Waals surface area (Å²) in [4.78, 5) is 0. The van der Waals surface area contributed by atoms with Crippen LogP contribution in [-0.2, 0) is 16.6 Å². The predicted octanol–water partition coefficient (Wildman–Crippen LogP) is 3.17. The SMILES string of the molecule is CCC(CO)C1(c2ccc(CC(C)C)cc2)COC1. The summed E-state index contributed by atoms with van der Waals surface area (Å²) in [5.41, 5.74) is 2.76. The quantitative estimate of drug-likeness (QED) is 0.853. The molecule has 106 valence electrons. The van der Waals surface area contributed by atoms with Gasteiger partial charge in [-0.1, -0.05) is 51.5 Å². The van der Waals surface area contributed by atoms with E-state index in [4.69, 9.17) is 4.74 Å². The number of aliphatic hydroxyl groups is 1. The van der Waals surface area contributed by atoms with Gasteiger partial charge in [0.2, 0.25) is 0 Å². The Morgan fingerprint density at radius 3 is 2.21 bits per heavy atom. The molecule has 0 amide bonds. The van der Waals surface area contributed by atoms with E-state index in [0.717, 1.165) is 26.1 Å². The van der Waals surface area contributed by atoms with Crippen LogP contribution in [0.15, 0.2) is 24.3 Å². The maximum atomic E-state index is 9.61. The molecular weight excluding hydrogens is 236 g/mol. The number of hydrogen-bond acceptors (Lipinski definition) is 2. The van der Waals surface area contributed by atoms with Gasteiger partial charge in [0.25, 0.3) is 0 Å². The van der Waals surface area contributed by atoms with Gasteiger partial charge in [-0.05, 0) is 29.4 Å². The number of ether oxygens (including phenoxy) is 1. The fourth-order valence-electron chi connectivity index (χ4n) is 3.10. The molecule has 0 saturated carbocycles. The van der Waals surface area contributed by atoms with Gasteiger partial charge >= 0.3 is 0 Å². The van der Waals surface area contributed by atoms with Crippen molar-refractivity contribution in [1.29, 1.82) is 0 Å². The lowest BCUT2D eigenvalue weighted by atomic mass is 9.68. The maximum Gasteiger partial charge on any atom is 0.0589 e. The molecule has 1 N–H and O–H groups in total. The lowest BCUT2D eigenvalue weighted by Crippen LogP contribution is -2.53. The fourth-order valence-corrected chi connectivity index (χ4v) is 3.10. The first-order valence-corrected chi connectivity index (χ1v) is 7.40. The van der Waals surface area contributed by atoms with Crippen LogP contribution in [0.25, 0.3) is 0 Å². The van der Waals surface area contributed by atoms with Crippen molar-refractivity contribution in [2.75, 3.05) is 19.8 Å². The van der Waals surface area contributed by atoms with E-state index < -0.39 is 0 Å². The molecule has 0 spiro atoms. The summed E-state index contributed by atoms with van der Waals surface area (Å²) in [7, 11) is 0. The van der Waals surface area contributed by atoms with Crippen LogP contribution in [0.3, 0.4) is 0 Å². The van der Waals surface area contributed by atoms with E-state index in [1.807, 2.05) is 0 Å². The van der Waals surface area contributed by atoms with Crippen LogP contribution in [0.5, 0.6) is 0 Å². The molecule has 1 aromatic carbocycles. The molecule has 0 aromatic heterocycles. The first-order valence-electron chi connectivity index (χ1n) is 7.40. The molecule has 2 heteroatoms. The molecule has 1 saturated heterocycles. The van der Waals surface area contributed by atoms with Crippen molar-refractivity contribution in [1.82, 2.24) is 0 Å². The minimum Gasteiger partial charge on any atom is -0.396 e. The summed E-state index contributed by atoms with van der Waals surface area (Å²) in [5, 5.41) is 9.61. The second kappa shape index (κ2) is 6.06. The molecule has 0 aliphatic carbocycles. The largest absolute Gasteiger partial charge is 0.396 e. The van der Waals surface area contributed by atoms with Crippen molar-refractivity contribution < 1.29 is 9.84 Å². The van der Waals surface area contributed by atoms with Gasteiger partial charge in [0.05, 0.1) is 13.2 Å². The lowest BCUT2D eigenvalue weighted by molar-refractivity contribution is -0.101. The van der Waals surface area contributed by atoms with Crippen LogP contribution < -0.4 is 0 Å². The highest BCUT2D eigenvalue weighted by Gasteiger charge is 2.45. The molecule has 1 fully saturated rings. The summed E-state index contributed by atoms with van der Waals surface area (Å²) < 4.78 is 5.46. The molecule has 1 heterocycles. The Morgan fingerprint density at radius 1 is 1.21 bits per heavy atom. The zero-order chi connectivity index (χ0) is 13.9. The lowest BCUT2D eigenvalue weighted by Gasteiger charge is -2.47. The topological polar surface area (TPSA) is 29.5 Å². The first-order chi connectivity index (χ1) is 9.12. The summed E-state index contributed by atoms with van der Waals surface area (Å²) in [6.45, 7) is 8.37. The highest BCUT2D eigenvalue weighted by atomic mass is 16.5. The van der Waals surface area contributed by atoms with Gasteiger partial charge < -0.3 is 9.84 Å². The van der Waals surface area contributed by atoms with Gasteiger partial charge in [-0.3, -0.25) is 0 Å². The normalized spacial score (nSPS) is 19.2. The Morgan fingerprint density at radius 2 is 1.84 bits per heavy atom. The number of rotatable bonds is 6. The summed E-state index contributed by atoms with van der Waals surface area (Å²) >= 11 is 0. The van der Waals surface area contributed by atoms with Crippen molar-refractivity contribution in [2.24, 2.45) is 11.8 Å². The van der Waals surface area contributed by atoms with E-state index >= 15 is 0 Å². The van der Waals surface area contributed by atoms with Gasteiger partial charge in [0.15, 0.2) is 0 Å². The smallest absolute Gasteiger partial charge is 0.0589 e. The molecule has 2 nitrogen and oxygen atoms in total. The molecule has 2 rings (SSSR count). The van der Waals surface area contributed by atoms with Gasteiger partial charge in [-0.15, -0.1) is 0 Å². The van der Waals surface area contributed by atoms with E-state index in [1.54, 1.807) is 0 Å². The summed E-state index contributed by atoms with van der Waals surface area (Å²) in [6.07, 6.45) is 2.12. The van der Waals surface area contributed by atoms with E-state index in [-0.39, 0.29) is 12.0 Å². The molecule has 0 bridgehead atoms.